The van der Waals surface area contributed by atoms with E-state index in [-0.39, 0.29) is 18.3 Å². The van der Waals surface area contributed by atoms with Crippen molar-refractivity contribution in [1.29, 1.82) is 0 Å². The molecule has 4 rings (SSSR count). The SMILES string of the molecule is COCc1c(C(=O)NCCc2ccccc2F)cnn1-c1nccc(-c2cc(C)sc2C)n1. The van der Waals surface area contributed by atoms with Crippen molar-refractivity contribution >= 4 is 17.2 Å². The fourth-order valence-corrected chi connectivity index (χ4v) is 4.54. The Morgan fingerprint density at radius 2 is 2.06 bits per heavy atom. The van der Waals surface area contributed by atoms with E-state index in [9.17, 15) is 9.18 Å². The average molecular weight is 466 g/mol. The zero-order valence-electron chi connectivity index (χ0n) is 18.6. The van der Waals surface area contributed by atoms with Crippen LogP contribution in [0.5, 0.6) is 0 Å². The van der Waals surface area contributed by atoms with Gasteiger partial charge in [-0.15, -0.1) is 11.3 Å². The van der Waals surface area contributed by atoms with Gasteiger partial charge in [0, 0.05) is 35.2 Å². The van der Waals surface area contributed by atoms with E-state index in [2.05, 4.69) is 40.3 Å². The number of carbonyl (C=O) groups excluding carboxylic acids is 1. The van der Waals surface area contributed by atoms with E-state index in [0.29, 0.717) is 35.7 Å². The number of benzene rings is 1. The lowest BCUT2D eigenvalue weighted by atomic mass is 10.1. The number of hydrogen-bond acceptors (Lipinski definition) is 6. The van der Waals surface area contributed by atoms with Gasteiger partial charge in [-0.05, 0) is 44.0 Å². The molecule has 1 aromatic carbocycles. The van der Waals surface area contributed by atoms with Crippen molar-refractivity contribution in [2.24, 2.45) is 0 Å². The number of aryl methyl sites for hydroxylation is 2. The minimum atomic E-state index is -0.315. The molecular weight excluding hydrogens is 441 g/mol. The lowest BCUT2D eigenvalue weighted by Gasteiger charge is -2.09. The molecule has 3 aromatic heterocycles. The molecule has 9 heteroatoms. The molecule has 0 radical (unpaired) electrons. The maximum Gasteiger partial charge on any atom is 0.254 e. The molecule has 0 bridgehead atoms. The number of methoxy groups -OCH3 is 1. The summed E-state index contributed by atoms with van der Waals surface area (Å²) >= 11 is 1.71. The molecule has 0 aliphatic rings. The van der Waals surface area contributed by atoms with Crippen molar-refractivity contribution < 1.29 is 13.9 Å². The molecule has 0 spiro atoms. The van der Waals surface area contributed by atoms with Gasteiger partial charge in [0.25, 0.3) is 11.9 Å². The largest absolute Gasteiger partial charge is 0.378 e. The van der Waals surface area contributed by atoms with Crippen LogP contribution in [0.1, 0.15) is 31.4 Å². The second kappa shape index (κ2) is 10.0. The highest BCUT2D eigenvalue weighted by atomic mass is 32.1. The van der Waals surface area contributed by atoms with E-state index in [1.165, 1.54) is 26.7 Å². The summed E-state index contributed by atoms with van der Waals surface area (Å²) in [5.74, 6) is -0.244. The Morgan fingerprint density at radius 3 is 2.79 bits per heavy atom. The van der Waals surface area contributed by atoms with Crippen molar-refractivity contribution in [3.63, 3.8) is 0 Å². The first-order valence-corrected chi connectivity index (χ1v) is 11.3. The Hall–Kier alpha value is -3.43. The van der Waals surface area contributed by atoms with Gasteiger partial charge in [-0.25, -0.2) is 14.4 Å². The third-order valence-corrected chi connectivity index (χ3v) is 6.15. The van der Waals surface area contributed by atoms with Gasteiger partial charge in [0.05, 0.1) is 29.8 Å². The molecule has 0 saturated heterocycles. The number of halogens is 1. The van der Waals surface area contributed by atoms with Crippen LogP contribution in [0.4, 0.5) is 4.39 Å². The number of thiophene rings is 1. The fourth-order valence-electron chi connectivity index (χ4n) is 3.60. The monoisotopic (exact) mass is 465 g/mol. The number of nitrogens with zero attached hydrogens (tertiary/aromatic N) is 4. The molecule has 170 valence electrons. The predicted octanol–water partition coefficient (Wildman–Crippen LogP) is 4.27. The van der Waals surface area contributed by atoms with Gasteiger partial charge in [-0.1, -0.05) is 18.2 Å². The van der Waals surface area contributed by atoms with Crippen LogP contribution in [0.25, 0.3) is 17.2 Å². The topological polar surface area (TPSA) is 81.9 Å². The van der Waals surface area contributed by atoms with Gasteiger partial charge in [-0.3, -0.25) is 4.79 Å². The van der Waals surface area contributed by atoms with Gasteiger partial charge in [0.15, 0.2) is 0 Å². The van der Waals surface area contributed by atoms with Crippen LogP contribution in [0, 0.1) is 19.7 Å². The molecule has 0 fully saturated rings. The average Bonchev–Trinajstić information content (AvgIpc) is 3.38. The molecular formula is C24H24FN5O2S. The van der Waals surface area contributed by atoms with Crippen LogP contribution < -0.4 is 5.32 Å². The van der Waals surface area contributed by atoms with Gasteiger partial charge in [0.1, 0.15) is 5.82 Å². The summed E-state index contributed by atoms with van der Waals surface area (Å²) in [4.78, 5) is 24.3. The Labute approximate surface area is 195 Å². The van der Waals surface area contributed by atoms with Crippen molar-refractivity contribution in [2.45, 2.75) is 26.9 Å². The van der Waals surface area contributed by atoms with Crippen molar-refractivity contribution in [3.05, 3.63) is 81.2 Å². The first kappa shape index (κ1) is 22.8. The summed E-state index contributed by atoms with van der Waals surface area (Å²) in [5, 5.41) is 7.19. The molecule has 7 nitrogen and oxygen atoms in total. The zero-order chi connectivity index (χ0) is 23.4. The van der Waals surface area contributed by atoms with E-state index < -0.39 is 0 Å². The molecule has 1 amide bonds. The van der Waals surface area contributed by atoms with E-state index in [4.69, 9.17) is 4.74 Å². The number of carbonyl (C=O) groups is 1. The number of aromatic nitrogens is 4. The minimum absolute atomic E-state index is 0.153. The normalized spacial score (nSPS) is 11.0. The van der Waals surface area contributed by atoms with Crippen LogP contribution >= 0.6 is 11.3 Å². The van der Waals surface area contributed by atoms with Crippen molar-refractivity contribution in [2.75, 3.05) is 13.7 Å². The van der Waals surface area contributed by atoms with Gasteiger partial charge in [0.2, 0.25) is 0 Å². The fraction of sp³-hybridized carbons (Fsp3) is 0.250. The first-order chi connectivity index (χ1) is 16.0. The molecule has 4 aromatic rings. The van der Waals surface area contributed by atoms with Crippen LogP contribution in [0.2, 0.25) is 0 Å². The Kier molecular flexibility index (Phi) is 6.90. The molecule has 1 N–H and O–H groups in total. The maximum absolute atomic E-state index is 13.8. The highest BCUT2D eigenvalue weighted by molar-refractivity contribution is 7.12. The highest BCUT2D eigenvalue weighted by Crippen LogP contribution is 2.29. The summed E-state index contributed by atoms with van der Waals surface area (Å²) in [6, 6.07) is 10.5. The van der Waals surface area contributed by atoms with E-state index >= 15 is 0 Å². The summed E-state index contributed by atoms with van der Waals surface area (Å²) in [5.41, 5.74) is 3.29. The minimum Gasteiger partial charge on any atom is -0.378 e. The van der Waals surface area contributed by atoms with E-state index in [1.807, 2.05) is 6.07 Å². The number of amides is 1. The Morgan fingerprint density at radius 1 is 1.24 bits per heavy atom. The number of ether oxygens (including phenoxy) is 1. The van der Waals surface area contributed by atoms with Gasteiger partial charge >= 0.3 is 0 Å². The molecule has 33 heavy (non-hydrogen) atoms. The summed E-state index contributed by atoms with van der Waals surface area (Å²) < 4.78 is 20.7. The van der Waals surface area contributed by atoms with Gasteiger partial charge in [-0.2, -0.15) is 9.78 Å². The summed E-state index contributed by atoms with van der Waals surface area (Å²) in [6.45, 7) is 4.56. The molecule has 3 heterocycles. The van der Waals surface area contributed by atoms with E-state index in [0.717, 1.165) is 11.3 Å². The Bertz CT molecular complexity index is 1280. The number of nitrogens with one attached hydrogen (secondary N) is 1. The lowest BCUT2D eigenvalue weighted by molar-refractivity contribution is 0.0948. The maximum atomic E-state index is 13.8. The summed E-state index contributed by atoms with van der Waals surface area (Å²) in [6.07, 6.45) is 3.54. The Balaban J connectivity index is 1.57. The molecule has 0 saturated carbocycles. The quantitative estimate of drug-likeness (QED) is 0.420. The lowest BCUT2D eigenvalue weighted by Crippen LogP contribution is -2.27. The second-order valence-corrected chi connectivity index (χ2v) is 8.98. The smallest absolute Gasteiger partial charge is 0.254 e. The second-order valence-electron chi connectivity index (χ2n) is 7.52. The first-order valence-electron chi connectivity index (χ1n) is 10.5. The third-order valence-electron chi connectivity index (χ3n) is 5.18. The zero-order valence-corrected chi connectivity index (χ0v) is 19.4. The van der Waals surface area contributed by atoms with Crippen LogP contribution in [0.15, 0.2) is 48.8 Å². The molecule has 0 aliphatic heterocycles. The van der Waals surface area contributed by atoms with Crippen molar-refractivity contribution in [1.82, 2.24) is 25.1 Å². The van der Waals surface area contributed by atoms with Gasteiger partial charge < -0.3 is 10.1 Å². The molecule has 0 atom stereocenters. The van der Waals surface area contributed by atoms with Crippen molar-refractivity contribution in [3.8, 4) is 17.2 Å². The van der Waals surface area contributed by atoms with Crippen LogP contribution in [-0.2, 0) is 17.8 Å². The van der Waals surface area contributed by atoms with E-state index in [1.54, 1.807) is 42.8 Å². The van der Waals surface area contributed by atoms with Crippen LogP contribution in [-0.4, -0.2) is 39.3 Å². The summed E-state index contributed by atoms with van der Waals surface area (Å²) in [7, 11) is 1.55. The number of rotatable bonds is 8. The predicted molar refractivity (Wildman–Crippen MR) is 125 cm³/mol. The molecule has 0 unspecified atom stereocenters. The van der Waals surface area contributed by atoms with Crippen LogP contribution in [0.3, 0.4) is 0 Å². The highest BCUT2D eigenvalue weighted by Gasteiger charge is 2.20. The standard InChI is InChI=1S/C24H24FN5O2S/c1-15-12-18(16(2)33-15)21-9-11-27-24(29-21)30-22(14-32-3)19(13-28-30)23(31)26-10-8-17-6-4-5-7-20(17)25/h4-7,9,11-13H,8,10,14H2,1-3H3,(H,26,31). The number of hydrogen-bond donors (Lipinski definition) is 1. The molecule has 0 aliphatic carbocycles. The third kappa shape index (κ3) is 4.99.